The number of hydrogen-bond acceptors (Lipinski definition) is 3. The van der Waals surface area contributed by atoms with E-state index >= 15 is 0 Å². The summed E-state index contributed by atoms with van der Waals surface area (Å²) in [7, 11) is -3.72. The highest BCUT2D eigenvalue weighted by Gasteiger charge is 2.31. The molecule has 1 aliphatic rings. The maximum Gasteiger partial charge on any atom is 0.244 e. The average molecular weight is 420 g/mol. The maximum atomic E-state index is 12.9. The highest BCUT2D eigenvalue weighted by atomic mass is 35.5. The first-order chi connectivity index (χ1) is 11.8. The smallest absolute Gasteiger partial charge is 0.244 e. The maximum absolute atomic E-state index is 12.9. The van der Waals surface area contributed by atoms with E-state index in [2.05, 4.69) is 11.0 Å². The van der Waals surface area contributed by atoms with Gasteiger partial charge in [0.1, 0.15) is 4.90 Å². The molecule has 4 nitrogen and oxygen atoms in total. The van der Waals surface area contributed by atoms with Crippen LogP contribution in [0.2, 0.25) is 15.1 Å². The van der Waals surface area contributed by atoms with Crippen molar-refractivity contribution >= 4 is 50.5 Å². The molecule has 1 aliphatic heterocycles. The fraction of sp³-hybridized carbons (Fsp3) is 0.294. The van der Waals surface area contributed by atoms with Gasteiger partial charge in [-0.25, -0.2) is 8.42 Å². The first kappa shape index (κ1) is 18.8. The standard InChI is InChI=1S/C17H17Cl3N2O2S/c1-12-4-2-3-5-16(12)21-6-8-22(9-7-21)25(23,24)17-11-14(19)13(18)10-15(17)20/h2-5,10-11H,6-9H2,1H3. The van der Waals surface area contributed by atoms with E-state index in [1.165, 1.54) is 22.0 Å². The number of hydrogen-bond donors (Lipinski definition) is 0. The van der Waals surface area contributed by atoms with Gasteiger partial charge in [0.25, 0.3) is 0 Å². The third-order valence-electron chi connectivity index (χ3n) is 4.29. The Hall–Kier alpha value is -0.980. The van der Waals surface area contributed by atoms with Gasteiger partial charge < -0.3 is 4.90 Å². The molecule has 134 valence electrons. The zero-order valence-corrected chi connectivity index (χ0v) is 16.6. The second-order valence-electron chi connectivity index (χ2n) is 5.87. The van der Waals surface area contributed by atoms with Crippen LogP contribution < -0.4 is 4.90 Å². The quantitative estimate of drug-likeness (QED) is 0.689. The van der Waals surface area contributed by atoms with Crippen molar-refractivity contribution in [1.29, 1.82) is 0 Å². The molecule has 2 aromatic carbocycles. The van der Waals surface area contributed by atoms with Gasteiger partial charge in [-0.1, -0.05) is 53.0 Å². The molecule has 2 aromatic rings. The average Bonchev–Trinajstić information content (AvgIpc) is 2.58. The van der Waals surface area contributed by atoms with Crippen molar-refractivity contribution in [3.63, 3.8) is 0 Å². The summed E-state index contributed by atoms with van der Waals surface area (Å²) < 4.78 is 27.2. The van der Waals surface area contributed by atoms with E-state index in [9.17, 15) is 8.42 Å². The predicted molar refractivity (Wildman–Crippen MR) is 104 cm³/mol. The molecule has 1 fully saturated rings. The van der Waals surface area contributed by atoms with Gasteiger partial charge in [-0.2, -0.15) is 4.31 Å². The van der Waals surface area contributed by atoms with Gasteiger partial charge in [0.2, 0.25) is 10.0 Å². The number of halogens is 3. The number of nitrogens with zero attached hydrogens (tertiary/aromatic N) is 2. The van der Waals surface area contributed by atoms with Crippen molar-refractivity contribution in [3.8, 4) is 0 Å². The Bertz CT molecular complexity index is 895. The minimum Gasteiger partial charge on any atom is -0.369 e. The zero-order valence-electron chi connectivity index (χ0n) is 13.5. The van der Waals surface area contributed by atoms with Gasteiger partial charge in [-0.05, 0) is 30.7 Å². The first-order valence-electron chi connectivity index (χ1n) is 7.76. The number of para-hydroxylation sites is 1. The van der Waals surface area contributed by atoms with Crippen molar-refractivity contribution in [2.75, 3.05) is 31.1 Å². The molecule has 0 aliphatic carbocycles. The highest BCUT2D eigenvalue weighted by molar-refractivity contribution is 7.89. The van der Waals surface area contributed by atoms with E-state index in [0.29, 0.717) is 26.2 Å². The highest BCUT2D eigenvalue weighted by Crippen LogP contribution is 2.33. The number of benzene rings is 2. The molecule has 3 rings (SSSR count). The van der Waals surface area contributed by atoms with Gasteiger partial charge in [-0.3, -0.25) is 0 Å². The molecule has 0 atom stereocenters. The van der Waals surface area contributed by atoms with Crippen LogP contribution in [0.5, 0.6) is 0 Å². The van der Waals surface area contributed by atoms with Gasteiger partial charge in [-0.15, -0.1) is 0 Å². The van der Waals surface area contributed by atoms with Crippen LogP contribution in [-0.4, -0.2) is 38.9 Å². The minimum atomic E-state index is -3.72. The van der Waals surface area contributed by atoms with Crippen LogP contribution in [0.4, 0.5) is 5.69 Å². The molecule has 0 radical (unpaired) electrons. The number of anilines is 1. The summed E-state index contributed by atoms with van der Waals surface area (Å²) in [6.07, 6.45) is 0. The minimum absolute atomic E-state index is 0.00657. The van der Waals surface area contributed by atoms with Crippen molar-refractivity contribution < 1.29 is 8.42 Å². The van der Waals surface area contributed by atoms with Crippen LogP contribution in [0.1, 0.15) is 5.56 Å². The van der Waals surface area contributed by atoms with E-state index in [1.54, 1.807) is 0 Å². The molecule has 0 saturated carbocycles. The molecule has 0 bridgehead atoms. The van der Waals surface area contributed by atoms with Crippen molar-refractivity contribution in [3.05, 3.63) is 57.0 Å². The lowest BCUT2D eigenvalue weighted by atomic mass is 10.1. The fourth-order valence-electron chi connectivity index (χ4n) is 2.93. The normalized spacial score (nSPS) is 16.2. The zero-order chi connectivity index (χ0) is 18.2. The van der Waals surface area contributed by atoms with Gasteiger partial charge in [0, 0.05) is 31.9 Å². The number of aryl methyl sites for hydroxylation is 1. The van der Waals surface area contributed by atoms with E-state index < -0.39 is 10.0 Å². The Labute approximate surface area is 162 Å². The summed E-state index contributed by atoms with van der Waals surface area (Å²) in [6.45, 7) is 4.04. The van der Waals surface area contributed by atoms with Gasteiger partial charge >= 0.3 is 0 Å². The van der Waals surface area contributed by atoms with Gasteiger partial charge in [0.05, 0.1) is 15.1 Å². The summed E-state index contributed by atoms with van der Waals surface area (Å²) in [5.74, 6) is 0. The predicted octanol–water partition coefficient (Wildman–Crippen LogP) is 4.47. The monoisotopic (exact) mass is 418 g/mol. The second-order valence-corrected chi connectivity index (χ2v) is 9.00. The summed E-state index contributed by atoms with van der Waals surface area (Å²) in [5.41, 5.74) is 2.30. The molecule has 1 saturated heterocycles. The Morgan fingerprint density at radius 2 is 1.48 bits per heavy atom. The molecular weight excluding hydrogens is 403 g/mol. The van der Waals surface area contributed by atoms with Crippen molar-refractivity contribution in [2.45, 2.75) is 11.8 Å². The third kappa shape index (κ3) is 3.76. The summed E-state index contributed by atoms with van der Waals surface area (Å²) in [6, 6.07) is 10.8. The fourth-order valence-corrected chi connectivity index (χ4v) is 5.33. The number of piperazine rings is 1. The lowest BCUT2D eigenvalue weighted by molar-refractivity contribution is 0.385. The van der Waals surface area contributed by atoms with Gasteiger partial charge in [0.15, 0.2) is 0 Å². The number of sulfonamides is 1. The molecule has 0 N–H and O–H groups in total. The van der Waals surface area contributed by atoms with E-state index in [4.69, 9.17) is 34.8 Å². The topological polar surface area (TPSA) is 40.6 Å². The Balaban J connectivity index is 1.81. The lowest BCUT2D eigenvalue weighted by Crippen LogP contribution is -2.48. The van der Waals surface area contributed by atoms with E-state index in [1.807, 2.05) is 25.1 Å². The third-order valence-corrected chi connectivity index (χ3v) is 7.37. The van der Waals surface area contributed by atoms with Crippen molar-refractivity contribution in [1.82, 2.24) is 4.31 Å². The van der Waals surface area contributed by atoms with Crippen LogP contribution in [0.25, 0.3) is 0 Å². The van der Waals surface area contributed by atoms with Crippen LogP contribution in [0, 0.1) is 6.92 Å². The molecule has 0 amide bonds. The van der Waals surface area contributed by atoms with Crippen molar-refractivity contribution in [2.24, 2.45) is 0 Å². The Morgan fingerprint density at radius 1 is 0.880 bits per heavy atom. The molecule has 25 heavy (non-hydrogen) atoms. The van der Waals surface area contributed by atoms with Crippen LogP contribution in [0.15, 0.2) is 41.3 Å². The lowest BCUT2D eigenvalue weighted by Gasteiger charge is -2.36. The molecular formula is C17H17Cl3N2O2S. The molecule has 1 heterocycles. The van der Waals surface area contributed by atoms with E-state index in [-0.39, 0.29) is 20.0 Å². The van der Waals surface area contributed by atoms with Crippen LogP contribution >= 0.6 is 34.8 Å². The molecule has 0 aromatic heterocycles. The van der Waals surface area contributed by atoms with Crippen LogP contribution in [-0.2, 0) is 10.0 Å². The van der Waals surface area contributed by atoms with Crippen LogP contribution in [0.3, 0.4) is 0 Å². The molecule has 0 spiro atoms. The first-order valence-corrected chi connectivity index (χ1v) is 10.3. The number of rotatable bonds is 3. The Kier molecular flexibility index (Phi) is 5.51. The largest absolute Gasteiger partial charge is 0.369 e. The summed E-state index contributed by atoms with van der Waals surface area (Å²) >= 11 is 18.0. The summed E-state index contributed by atoms with van der Waals surface area (Å²) in [4.78, 5) is 2.19. The molecule has 0 unspecified atom stereocenters. The second kappa shape index (κ2) is 7.33. The summed E-state index contributed by atoms with van der Waals surface area (Å²) in [5, 5.41) is 0.480. The molecule has 8 heteroatoms. The Morgan fingerprint density at radius 3 is 2.12 bits per heavy atom. The SMILES string of the molecule is Cc1ccccc1N1CCN(S(=O)(=O)c2cc(Cl)c(Cl)cc2Cl)CC1. The van der Waals surface area contributed by atoms with E-state index in [0.717, 1.165) is 5.69 Å².